The van der Waals surface area contributed by atoms with Crippen molar-refractivity contribution in [3.05, 3.63) is 35.4 Å². The number of aliphatic hydroxyl groups excluding tert-OH is 1. The molecule has 23 heavy (non-hydrogen) atoms. The second-order valence-electron chi connectivity index (χ2n) is 5.60. The third kappa shape index (κ3) is 4.99. The molecule has 1 aromatic carbocycles. The lowest BCUT2D eigenvalue weighted by Crippen LogP contribution is -2.40. The van der Waals surface area contributed by atoms with E-state index in [1.807, 2.05) is 0 Å². The minimum Gasteiger partial charge on any atom is -0.393 e. The molecule has 126 valence electrons. The monoisotopic (exact) mass is 326 g/mol. The first kappa shape index (κ1) is 17.3. The molecular weight excluding hydrogens is 306 g/mol. The number of carbonyl (C=O) groups is 2. The molecule has 1 aliphatic heterocycles. The average Bonchev–Trinajstić information content (AvgIpc) is 2.51. The maximum absolute atomic E-state index is 13.4. The van der Waals surface area contributed by atoms with E-state index in [-0.39, 0.29) is 30.5 Å². The van der Waals surface area contributed by atoms with Gasteiger partial charge in [0.2, 0.25) is 5.91 Å². The van der Waals surface area contributed by atoms with Crippen LogP contribution in [0.15, 0.2) is 18.2 Å². The van der Waals surface area contributed by atoms with E-state index in [2.05, 4.69) is 5.32 Å². The van der Waals surface area contributed by atoms with Crippen LogP contribution in [0.2, 0.25) is 0 Å². The number of hydrogen-bond acceptors (Lipinski definition) is 3. The van der Waals surface area contributed by atoms with Gasteiger partial charge in [-0.3, -0.25) is 9.59 Å². The number of rotatable bonds is 5. The number of likely N-dealkylation sites (tertiary alicyclic amines) is 1. The topological polar surface area (TPSA) is 69.6 Å². The fourth-order valence-corrected chi connectivity index (χ4v) is 2.48. The van der Waals surface area contributed by atoms with Gasteiger partial charge in [-0.05, 0) is 31.4 Å². The molecule has 0 atom stereocenters. The van der Waals surface area contributed by atoms with E-state index in [1.54, 1.807) is 4.90 Å². The Morgan fingerprint density at radius 3 is 2.61 bits per heavy atom. The predicted molar refractivity (Wildman–Crippen MR) is 79.7 cm³/mol. The Balaban J connectivity index is 1.70. The fourth-order valence-electron chi connectivity index (χ4n) is 2.48. The maximum atomic E-state index is 13.4. The van der Waals surface area contributed by atoms with Crippen molar-refractivity contribution in [1.82, 2.24) is 10.2 Å². The maximum Gasteiger partial charge on any atom is 0.254 e. The smallest absolute Gasteiger partial charge is 0.254 e. The molecule has 0 radical (unpaired) electrons. The normalized spacial score (nSPS) is 15.5. The van der Waals surface area contributed by atoms with Crippen molar-refractivity contribution < 1.29 is 23.5 Å². The number of amides is 2. The van der Waals surface area contributed by atoms with Gasteiger partial charge in [0.25, 0.3) is 5.91 Å². The van der Waals surface area contributed by atoms with Crippen molar-refractivity contribution in [3.8, 4) is 0 Å². The summed E-state index contributed by atoms with van der Waals surface area (Å²) in [6.07, 6.45) is 1.57. The molecule has 1 saturated heterocycles. The number of carbonyl (C=O) groups excluding carboxylic acids is 2. The molecule has 1 aromatic rings. The highest BCUT2D eigenvalue weighted by molar-refractivity contribution is 5.94. The number of nitrogens with one attached hydrogen (secondary N) is 1. The SMILES string of the molecule is O=C(NCCCC(=O)N1CCC(O)CC1)c1ccc(F)cc1F. The molecule has 2 amide bonds. The molecule has 7 heteroatoms. The second-order valence-corrected chi connectivity index (χ2v) is 5.60. The first-order valence-corrected chi connectivity index (χ1v) is 7.66. The Labute approximate surface area is 133 Å². The van der Waals surface area contributed by atoms with Crippen molar-refractivity contribution in [2.45, 2.75) is 31.8 Å². The average molecular weight is 326 g/mol. The standard InChI is InChI=1S/C16H20F2N2O3/c17-11-3-4-13(14(18)10-11)16(23)19-7-1-2-15(22)20-8-5-12(21)6-9-20/h3-4,10,12,21H,1-2,5-9H2,(H,19,23). The third-order valence-electron chi connectivity index (χ3n) is 3.85. The van der Waals surface area contributed by atoms with Crippen LogP contribution in [0.1, 0.15) is 36.0 Å². The van der Waals surface area contributed by atoms with Crippen LogP contribution >= 0.6 is 0 Å². The fraction of sp³-hybridized carbons (Fsp3) is 0.500. The van der Waals surface area contributed by atoms with E-state index in [0.29, 0.717) is 38.4 Å². The zero-order valence-electron chi connectivity index (χ0n) is 12.7. The molecule has 1 aliphatic rings. The van der Waals surface area contributed by atoms with Crippen LogP contribution in [0, 0.1) is 11.6 Å². The first-order valence-electron chi connectivity index (χ1n) is 7.66. The van der Waals surface area contributed by atoms with Gasteiger partial charge < -0.3 is 15.3 Å². The molecule has 0 spiro atoms. The highest BCUT2D eigenvalue weighted by Crippen LogP contribution is 2.12. The summed E-state index contributed by atoms with van der Waals surface area (Å²) in [5, 5.41) is 11.9. The molecule has 1 fully saturated rings. The van der Waals surface area contributed by atoms with Crippen LogP contribution < -0.4 is 5.32 Å². The highest BCUT2D eigenvalue weighted by Gasteiger charge is 2.20. The van der Waals surface area contributed by atoms with E-state index in [4.69, 9.17) is 0 Å². The minimum absolute atomic E-state index is 0.0147. The van der Waals surface area contributed by atoms with Gasteiger partial charge in [-0.25, -0.2) is 8.78 Å². The van der Waals surface area contributed by atoms with E-state index in [0.717, 1.165) is 12.1 Å². The first-order chi connectivity index (χ1) is 11.0. The number of benzene rings is 1. The van der Waals surface area contributed by atoms with E-state index < -0.39 is 17.5 Å². The Bertz CT molecular complexity index is 572. The highest BCUT2D eigenvalue weighted by atomic mass is 19.1. The van der Waals surface area contributed by atoms with Crippen LogP contribution in [0.25, 0.3) is 0 Å². The molecule has 2 rings (SSSR count). The van der Waals surface area contributed by atoms with Crippen LogP contribution in [-0.2, 0) is 4.79 Å². The molecule has 0 aromatic heterocycles. The zero-order valence-corrected chi connectivity index (χ0v) is 12.7. The van der Waals surface area contributed by atoms with Gasteiger partial charge in [0.15, 0.2) is 0 Å². The van der Waals surface area contributed by atoms with Gasteiger partial charge >= 0.3 is 0 Å². The van der Waals surface area contributed by atoms with E-state index in [9.17, 15) is 23.5 Å². The molecule has 0 saturated carbocycles. The number of aliphatic hydroxyl groups is 1. The summed E-state index contributed by atoms with van der Waals surface area (Å²) in [7, 11) is 0. The Morgan fingerprint density at radius 1 is 1.26 bits per heavy atom. The van der Waals surface area contributed by atoms with Crippen molar-refractivity contribution in [3.63, 3.8) is 0 Å². The Kier molecular flexibility index (Phi) is 6.04. The summed E-state index contributed by atoms with van der Waals surface area (Å²) in [4.78, 5) is 25.4. The van der Waals surface area contributed by atoms with Gasteiger partial charge in [0.1, 0.15) is 11.6 Å². The number of piperidine rings is 1. The summed E-state index contributed by atoms with van der Waals surface area (Å²) in [5.74, 6) is -2.29. The van der Waals surface area contributed by atoms with Crippen LogP contribution in [0.5, 0.6) is 0 Å². The quantitative estimate of drug-likeness (QED) is 0.805. The number of nitrogens with zero attached hydrogens (tertiary/aromatic N) is 1. The predicted octanol–water partition coefficient (Wildman–Crippen LogP) is 1.46. The molecule has 0 bridgehead atoms. The summed E-state index contributed by atoms with van der Waals surface area (Å²) in [5.41, 5.74) is -0.220. The van der Waals surface area contributed by atoms with Crippen LogP contribution in [-0.4, -0.2) is 47.6 Å². The van der Waals surface area contributed by atoms with Gasteiger partial charge in [-0.2, -0.15) is 0 Å². The lowest BCUT2D eigenvalue weighted by Gasteiger charge is -2.29. The van der Waals surface area contributed by atoms with Gasteiger partial charge in [0.05, 0.1) is 11.7 Å². The molecule has 1 heterocycles. The number of hydrogen-bond donors (Lipinski definition) is 2. The molecule has 5 nitrogen and oxygen atoms in total. The summed E-state index contributed by atoms with van der Waals surface area (Å²) < 4.78 is 26.2. The van der Waals surface area contributed by atoms with E-state index >= 15 is 0 Å². The Morgan fingerprint density at radius 2 is 1.96 bits per heavy atom. The minimum atomic E-state index is -0.912. The van der Waals surface area contributed by atoms with Crippen molar-refractivity contribution in [1.29, 1.82) is 0 Å². The van der Waals surface area contributed by atoms with Crippen molar-refractivity contribution in [2.75, 3.05) is 19.6 Å². The van der Waals surface area contributed by atoms with Crippen molar-refractivity contribution >= 4 is 11.8 Å². The molecule has 0 aliphatic carbocycles. The van der Waals surface area contributed by atoms with E-state index in [1.165, 1.54) is 0 Å². The lowest BCUT2D eigenvalue weighted by atomic mass is 10.1. The largest absolute Gasteiger partial charge is 0.393 e. The van der Waals surface area contributed by atoms with Gasteiger partial charge in [-0.1, -0.05) is 0 Å². The second kappa shape index (κ2) is 8.01. The zero-order chi connectivity index (χ0) is 16.8. The van der Waals surface area contributed by atoms with Crippen molar-refractivity contribution in [2.24, 2.45) is 0 Å². The lowest BCUT2D eigenvalue weighted by molar-refractivity contribution is -0.133. The number of halogens is 2. The summed E-state index contributed by atoms with van der Waals surface area (Å²) in [6, 6.07) is 2.76. The third-order valence-corrected chi connectivity index (χ3v) is 3.85. The van der Waals surface area contributed by atoms with Gasteiger partial charge in [-0.15, -0.1) is 0 Å². The van der Waals surface area contributed by atoms with Gasteiger partial charge in [0, 0.05) is 32.1 Å². The van der Waals surface area contributed by atoms with Crippen LogP contribution in [0.3, 0.4) is 0 Å². The summed E-state index contributed by atoms with van der Waals surface area (Å²) >= 11 is 0. The molecule has 0 unspecified atom stereocenters. The van der Waals surface area contributed by atoms with Crippen LogP contribution in [0.4, 0.5) is 8.78 Å². The summed E-state index contributed by atoms with van der Waals surface area (Å²) in [6.45, 7) is 1.33. The molecule has 2 N–H and O–H groups in total. The Hall–Kier alpha value is -2.02. The molecular formula is C16H20F2N2O3.